The molecule has 1 aromatic heterocycles. The Labute approximate surface area is 173 Å². The lowest BCUT2D eigenvalue weighted by atomic mass is 9.77. The zero-order chi connectivity index (χ0) is 20.6. The highest BCUT2D eigenvalue weighted by molar-refractivity contribution is 5.76. The topological polar surface area (TPSA) is 56.6 Å². The van der Waals surface area contributed by atoms with Gasteiger partial charge in [-0.1, -0.05) is 19.9 Å². The van der Waals surface area contributed by atoms with Gasteiger partial charge >= 0.3 is 6.09 Å². The van der Waals surface area contributed by atoms with E-state index in [0.29, 0.717) is 25.6 Å². The van der Waals surface area contributed by atoms with E-state index >= 15 is 0 Å². The summed E-state index contributed by atoms with van der Waals surface area (Å²) < 4.78 is 13.6. The van der Waals surface area contributed by atoms with Crippen LogP contribution in [0.1, 0.15) is 45.1 Å². The van der Waals surface area contributed by atoms with Crippen molar-refractivity contribution in [2.24, 2.45) is 11.3 Å². The third kappa shape index (κ3) is 4.27. The van der Waals surface area contributed by atoms with Gasteiger partial charge in [0.05, 0.1) is 30.5 Å². The first-order valence-electron chi connectivity index (χ1n) is 10.7. The summed E-state index contributed by atoms with van der Waals surface area (Å²) in [7, 11) is 1.71. The van der Waals surface area contributed by atoms with Crippen molar-refractivity contribution in [3.05, 3.63) is 30.1 Å². The molecule has 1 saturated heterocycles. The predicted octanol–water partition coefficient (Wildman–Crippen LogP) is 4.40. The Morgan fingerprint density at radius 2 is 2.21 bits per heavy atom. The van der Waals surface area contributed by atoms with Crippen LogP contribution in [0.2, 0.25) is 0 Å². The molecule has 4 rings (SSSR count). The number of nitrogens with zero attached hydrogens (tertiary/aromatic N) is 3. The molecule has 1 amide bonds. The molecule has 2 fully saturated rings. The number of methoxy groups -OCH3 is 1. The Bertz CT molecular complexity index is 891. The van der Waals surface area contributed by atoms with Crippen LogP contribution in [-0.2, 0) is 16.0 Å². The summed E-state index contributed by atoms with van der Waals surface area (Å²) in [6.07, 6.45) is 5.93. The third-order valence-corrected chi connectivity index (χ3v) is 6.33. The first-order chi connectivity index (χ1) is 13.8. The Morgan fingerprint density at radius 3 is 3.00 bits per heavy atom. The van der Waals surface area contributed by atoms with Crippen LogP contribution in [0.4, 0.5) is 4.79 Å². The molecule has 2 heterocycles. The second-order valence-corrected chi connectivity index (χ2v) is 9.86. The van der Waals surface area contributed by atoms with E-state index in [1.54, 1.807) is 7.11 Å². The average molecular weight is 400 g/mol. The summed E-state index contributed by atoms with van der Waals surface area (Å²) in [6, 6.07) is 6.39. The Balaban J connectivity index is 1.45. The molecule has 0 bridgehead atoms. The van der Waals surface area contributed by atoms with Crippen LogP contribution in [0, 0.1) is 18.3 Å². The summed E-state index contributed by atoms with van der Waals surface area (Å²) in [4.78, 5) is 19.1. The van der Waals surface area contributed by atoms with Gasteiger partial charge in [0.1, 0.15) is 5.60 Å². The standard InChI is InChI=1S/C23H33N3O3/c1-17-7-8-19-20(10-17)25(16-24-19)12-18-6-5-9-23(11-18)14-26(21(27)29-23)13-22(2,3)15-28-4/h7-8,10,16,18H,5-6,9,11-15H2,1-4H3/t18-,23-/m0/s1. The summed E-state index contributed by atoms with van der Waals surface area (Å²) in [6.45, 7) is 9.28. The fraction of sp³-hybridized carbons (Fsp3) is 0.652. The van der Waals surface area contributed by atoms with Crippen LogP contribution in [0.25, 0.3) is 11.0 Å². The summed E-state index contributed by atoms with van der Waals surface area (Å²) in [5.41, 5.74) is 3.06. The normalized spacial score (nSPS) is 25.2. The molecule has 0 radical (unpaired) electrons. The van der Waals surface area contributed by atoms with Gasteiger partial charge in [0, 0.05) is 25.6 Å². The largest absolute Gasteiger partial charge is 0.441 e. The van der Waals surface area contributed by atoms with Gasteiger partial charge in [-0.15, -0.1) is 0 Å². The SMILES string of the molecule is COCC(C)(C)CN1C[C@@]2(CCC[C@H](Cn3cnc4ccc(C)cc43)C2)OC1=O. The number of amides is 1. The number of hydrogen-bond acceptors (Lipinski definition) is 4. The molecule has 6 nitrogen and oxygen atoms in total. The number of hydrogen-bond donors (Lipinski definition) is 0. The molecule has 0 N–H and O–H groups in total. The lowest BCUT2D eigenvalue weighted by Gasteiger charge is -2.36. The number of imidazole rings is 1. The van der Waals surface area contributed by atoms with Crippen molar-refractivity contribution < 1.29 is 14.3 Å². The predicted molar refractivity (Wildman–Crippen MR) is 113 cm³/mol. The second kappa shape index (κ2) is 7.63. The number of ether oxygens (including phenoxy) is 2. The van der Waals surface area contributed by atoms with Crippen LogP contribution >= 0.6 is 0 Å². The summed E-state index contributed by atoms with van der Waals surface area (Å²) in [5.74, 6) is 0.487. The van der Waals surface area contributed by atoms with E-state index in [4.69, 9.17) is 9.47 Å². The maximum Gasteiger partial charge on any atom is 0.410 e. The van der Waals surface area contributed by atoms with Gasteiger partial charge in [0.2, 0.25) is 0 Å². The van der Waals surface area contributed by atoms with E-state index in [1.165, 1.54) is 17.5 Å². The number of carbonyl (C=O) groups excluding carboxylic acids is 1. The fourth-order valence-electron chi connectivity index (χ4n) is 5.19. The minimum atomic E-state index is -0.338. The first kappa shape index (κ1) is 20.2. The highest BCUT2D eigenvalue weighted by Crippen LogP contribution is 2.41. The van der Waals surface area contributed by atoms with E-state index in [-0.39, 0.29) is 17.1 Å². The van der Waals surface area contributed by atoms with Gasteiger partial charge in [-0.05, 0) is 56.2 Å². The minimum Gasteiger partial charge on any atom is -0.441 e. The molecule has 0 unspecified atom stereocenters. The zero-order valence-corrected chi connectivity index (χ0v) is 18.1. The molecule has 29 heavy (non-hydrogen) atoms. The van der Waals surface area contributed by atoms with E-state index in [2.05, 4.69) is 48.5 Å². The van der Waals surface area contributed by atoms with E-state index in [9.17, 15) is 4.79 Å². The monoisotopic (exact) mass is 399 g/mol. The number of rotatable bonds is 6. The van der Waals surface area contributed by atoms with Gasteiger partial charge < -0.3 is 18.9 Å². The Kier molecular flexibility index (Phi) is 5.32. The van der Waals surface area contributed by atoms with Crippen molar-refractivity contribution in [3.63, 3.8) is 0 Å². The average Bonchev–Trinajstić information content (AvgIpc) is 3.15. The molecule has 6 heteroatoms. The molecule has 1 spiro atoms. The van der Waals surface area contributed by atoms with E-state index in [1.807, 2.05) is 11.2 Å². The van der Waals surface area contributed by atoms with Crippen LogP contribution in [0.5, 0.6) is 0 Å². The van der Waals surface area contributed by atoms with Crippen LogP contribution < -0.4 is 0 Å². The molecular formula is C23H33N3O3. The number of benzene rings is 1. The van der Waals surface area contributed by atoms with Crippen LogP contribution in [0.3, 0.4) is 0 Å². The highest BCUT2D eigenvalue weighted by atomic mass is 16.6. The number of carbonyl (C=O) groups is 1. The summed E-state index contributed by atoms with van der Waals surface area (Å²) in [5, 5.41) is 0. The van der Waals surface area contributed by atoms with Gasteiger partial charge in [-0.3, -0.25) is 0 Å². The van der Waals surface area contributed by atoms with Gasteiger partial charge in [-0.2, -0.15) is 0 Å². The van der Waals surface area contributed by atoms with Gasteiger partial charge in [0.15, 0.2) is 0 Å². The molecule has 2 atom stereocenters. The Morgan fingerprint density at radius 1 is 1.38 bits per heavy atom. The summed E-state index contributed by atoms with van der Waals surface area (Å²) >= 11 is 0. The van der Waals surface area contributed by atoms with Crippen molar-refractivity contribution in [2.45, 2.75) is 58.6 Å². The lowest BCUT2D eigenvalue weighted by molar-refractivity contribution is 0.00404. The molecule has 1 aliphatic heterocycles. The van der Waals surface area contributed by atoms with Crippen molar-refractivity contribution in [1.82, 2.24) is 14.5 Å². The molecular weight excluding hydrogens is 366 g/mol. The Hall–Kier alpha value is -2.08. The third-order valence-electron chi connectivity index (χ3n) is 6.33. The van der Waals surface area contributed by atoms with Crippen molar-refractivity contribution >= 4 is 17.1 Å². The quantitative estimate of drug-likeness (QED) is 0.722. The maximum absolute atomic E-state index is 12.6. The number of fused-ring (bicyclic) bond motifs is 1. The minimum absolute atomic E-state index is 0.0824. The fourth-order valence-corrected chi connectivity index (χ4v) is 5.19. The van der Waals surface area contributed by atoms with Crippen LogP contribution in [0.15, 0.2) is 24.5 Å². The molecule has 1 saturated carbocycles. The molecule has 2 aliphatic rings. The first-order valence-corrected chi connectivity index (χ1v) is 10.7. The lowest BCUT2D eigenvalue weighted by Crippen LogP contribution is -2.42. The van der Waals surface area contributed by atoms with Crippen LogP contribution in [-0.4, -0.2) is 53.0 Å². The highest BCUT2D eigenvalue weighted by Gasteiger charge is 2.48. The number of aromatic nitrogens is 2. The number of aryl methyl sites for hydroxylation is 1. The maximum atomic E-state index is 12.6. The zero-order valence-electron chi connectivity index (χ0n) is 18.1. The van der Waals surface area contributed by atoms with Crippen molar-refractivity contribution in [3.8, 4) is 0 Å². The van der Waals surface area contributed by atoms with Gasteiger partial charge in [0.25, 0.3) is 0 Å². The smallest absolute Gasteiger partial charge is 0.410 e. The second-order valence-electron chi connectivity index (χ2n) is 9.86. The molecule has 2 aromatic rings. The molecule has 1 aliphatic carbocycles. The van der Waals surface area contributed by atoms with Gasteiger partial charge in [-0.25, -0.2) is 9.78 Å². The van der Waals surface area contributed by atoms with E-state index < -0.39 is 0 Å². The van der Waals surface area contributed by atoms with Crippen molar-refractivity contribution in [2.75, 3.05) is 26.8 Å². The van der Waals surface area contributed by atoms with Crippen molar-refractivity contribution in [1.29, 1.82) is 0 Å². The van der Waals surface area contributed by atoms with E-state index in [0.717, 1.165) is 31.3 Å². The molecule has 158 valence electrons. The molecule has 1 aromatic carbocycles.